The molecule has 0 bridgehead atoms. The van der Waals surface area contributed by atoms with E-state index in [2.05, 4.69) is 259 Å². The highest BCUT2D eigenvalue weighted by molar-refractivity contribution is 9.11. The number of nitro groups is 2. The molecule has 0 saturated carbocycles. The van der Waals surface area contributed by atoms with Crippen LogP contribution in [0.3, 0.4) is 0 Å². The number of pyridine rings is 1. The van der Waals surface area contributed by atoms with Gasteiger partial charge in [-0.1, -0.05) is 435 Å². The van der Waals surface area contributed by atoms with Gasteiger partial charge in [-0.05, 0) is 167 Å². The molecular formula is C116H85BBr3N5O7. The number of rotatable bonds is 9. The predicted octanol–water partition coefficient (Wildman–Crippen LogP) is 31.9. The van der Waals surface area contributed by atoms with E-state index >= 15 is 0 Å². The Balaban J connectivity index is 0.000000118. The van der Waals surface area contributed by atoms with Crippen LogP contribution in [0.25, 0.3) is 174 Å². The number of aromatic nitrogens is 1. The van der Waals surface area contributed by atoms with E-state index in [-0.39, 0.29) is 42.0 Å². The number of nitrogens with zero attached hydrogens (tertiary/aromatic N) is 3. The van der Waals surface area contributed by atoms with Crippen molar-refractivity contribution in [2.24, 2.45) is 0 Å². The van der Waals surface area contributed by atoms with Crippen molar-refractivity contribution in [3.8, 4) is 44.6 Å². The van der Waals surface area contributed by atoms with E-state index in [1.54, 1.807) is 30.3 Å². The molecule has 640 valence electrons. The molecule has 0 aliphatic rings. The van der Waals surface area contributed by atoms with E-state index in [4.69, 9.17) is 20.8 Å². The van der Waals surface area contributed by atoms with Gasteiger partial charge in [-0.3, -0.25) is 25.0 Å². The highest BCUT2D eigenvalue weighted by Gasteiger charge is 2.26. The van der Waals surface area contributed by atoms with Gasteiger partial charge in [0.1, 0.15) is 4.47 Å². The number of nitrogen functional groups attached to an aromatic ring is 1. The van der Waals surface area contributed by atoms with Crippen molar-refractivity contribution in [3.05, 3.63) is 476 Å². The predicted molar refractivity (Wildman–Crippen MR) is 567 cm³/mol. The van der Waals surface area contributed by atoms with Gasteiger partial charge in [0.2, 0.25) is 0 Å². The van der Waals surface area contributed by atoms with Crippen molar-refractivity contribution in [2.75, 3.05) is 11.1 Å². The van der Waals surface area contributed by atoms with Crippen LogP contribution in [0.1, 0.15) is 25.2 Å². The summed E-state index contributed by atoms with van der Waals surface area (Å²) >= 11 is 10.3. The van der Waals surface area contributed by atoms with Gasteiger partial charge in [0.15, 0.2) is 0 Å². The van der Waals surface area contributed by atoms with Crippen LogP contribution in [-0.2, 0) is 0 Å². The first-order valence-corrected chi connectivity index (χ1v) is 44.5. The van der Waals surface area contributed by atoms with Crippen LogP contribution in [0.15, 0.2) is 450 Å². The standard InChI is InChI=1S/C27H18BrNO.C27H16BrN.C20H13NO2.C20H15N.C14H8BrNO2.C6H7BO2.2CH4/c28-20-16-14-19(15-17-20)27(30)29-26-24-13-7-5-11-22(24)21-10-4-6-12-23(21)25(26)18-8-2-1-3-9-18;28-18-15-13-17(14-16-18)26-24-12-6-4-10-22(24)25-21-9-3-1-7-19(21)20-8-2-5-11-23(20)27(25)29-26;22-21(23)20-18-13-7-5-11-16(18)15-10-4-6-12-17(15)19(20)14-8-2-1-3-9-14;21-20-18-13-7-5-11-16(18)15-10-4-6-12-17(15)19(20)14-8-2-1-3-9-14;15-13-11-7-3-1-5-9(11)10-6-2-4-8-12(10)14(13)16(17)18;8-7(9)6-4-2-1-3-5-6;;/h1-17H,(H,29,30);1-16H;1-13H;1-13H,21H2;1-8H;1-5,8-9H;2*1H4. The molecule has 0 spiro atoms. The molecule has 0 aliphatic carbocycles. The average Bonchev–Trinajstić information content (AvgIpc) is 0.722. The molecule has 22 aromatic carbocycles. The minimum absolute atomic E-state index is 0. The molecule has 1 aromatic heterocycles. The maximum atomic E-state index is 13.2. The first kappa shape index (κ1) is 90.0. The summed E-state index contributed by atoms with van der Waals surface area (Å²) in [5.74, 6) is -0.125. The second kappa shape index (κ2) is 40.5. The second-order valence-electron chi connectivity index (χ2n) is 31.0. The normalized spacial score (nSPS) is 10.8. The van der Waals surface area contributed by atoms with Gasteiger partial charge in [0.25, 0.3) is 17.3 Å². The lowest BCUT2D eigenvalue weighted by Gasteiger charge is -2.18. The lowest BCUT2D eigenvalue weighted by molar-refractivity contribution is -0.383. The largest absolute Gasteiger partial charge is 0.488 e. The van der Waals surface area contributed by atoms with Crippen LogP contribution in [0.5, 0.6) is 0 Å². The van der Waals surface area contributed by atoms with Crippen LogP contribution in [-0.4, -0.2) is 37.9 Å². The van der Waals surface area contributed by atoms with E-state index in [0.29, 0.717) is 31.8 Å². The van der Waals surface area contributed by atoms with E-state index < -0.39 is 7.12 Å². The van der Waals surface area contributed by atoms with E-state index in [0.717, 1.165) is 119 Å². The second-order valence-corrected chi connectivity index (χ2v) is 33.6. The summed E-state index contributed by atoms with van der Waals surface area (Å²) in [6, 6.07) is 145. The van der Waals surface area contributed by atoms with Crippen molar-refractivity contribution in [1.29, 1.82) is 0 Å². The van der Waals surface area contributed by atoms with Crippen molar-refractivity contribution in [1.82, 2.24) is 4.98 Å². The summed E-state index contributed by atoms with van der Waals surface area (Å²) in [7, 11) is -1.34. The van der Waals surface area contributed by atoms with Gasteiger partial charge in [0, 0.05) is 69.2 Å². The van der Waals surface area contributed by atoms with Crippen molar-refractivity contribution < 1.29 is 24.7 Å². The van der Waals surface area contributed by atoms with Gasteiger partial charge in [-0.15, -0.1) is 0 Å². The van der Waals surface area contributed by atoms with Crippen molar-refractivity contribution >= 4 is 218 Å². The van der Waals surface area contributed by atoms with Crippen LogP contribution < -0.4 is 16.5 Å². The number of nitrogens with one attached hydrogen (secondary N) is 1. The average molecular weight is 1910 g/mol. The smallest absolute Gasteiger partial charge is 0.423 e. The minimum Gasteiger partial charge on any atom is -0.423 e. The highest BCUT2D eigenvalue weighted by atomic mass is 79.9. The Bertz CT molecular complexity index is 8250. The summed E-state index contributed by atoms with van der Waals surface area (Å²) < 4.78 is 2.56. The lowest BCUT2D eigenvalue weighted by atomic mass is 9.81. The van der Waals surface area contributed by atoms with Crippen LogP contribution in [0.2, 0.25) is 0 Å². The summed E-state index contributed by atoms with van der Waals surface area (Å²) in [6.45, 7) is 0. The molecule has 1 amide bonds. The van der Waals surface area contributed by atoms with Gasteiger partial charge >= 0.3 is 7.12 Å². The van der Waals surface area contributed by atoms with Gasteiger partial charge < -0.3 is 21.1 Å². The van der Waals surface area contributed by atoms with E-state index in [1.165, 1.54) is 59.2 Å². The molecule has 16 heteroatoms. The molecule has 0 aliphatic heterocycles. The number of amides is 1. The Hall–Kier alpha value is -15.4. The molecule has 1 heterocycles. The van der Waals surface area contributed by atoms with Crippen molar-refractivity contribution in [3.63, 3.8) is 0 Å². The number of halogens is 3. The summed E-state index contributed by atoms with van der Waals surface area (Å²) in [6.07, 6.45) is 0. The Morgan fingerprint density at radius 1 is 0.295 bits per heavy atom. The molecule has 0 atom stereocenters. The number of nitro benzene ring substituents is 2. The first-order valence-electron chi connectivity index (χ1n) is 42.1. The Morgan fingerprint density at radius 3 is 1.02 bits per heavy atom. The maximum Gasteiger partial charge on any atom is 0.488 e. The zero-order chi connectivity index (χ0) is 89.3. The molecular weight excluding hydrogens is 1830 g/mol. The first-order chi connectivity index (χ1) is 63.7. The number of hydrogen-bond donors (Lipinski definition) is 4. The fraction of sp³-hybridized carbons (Fsp3) is 0.0172. The Labute approximate surface area is 788 Å². The molecule has 0 unspecified atom stereocenters. The highest BCUT2D eigenvalue weighted by Crippen LogP contribution is 2.48. The third-order valence-electron chi connectivity index (χ3n) is 23.3. The number of hydrogen-bond acceptors (Lipinski definition) is 9. The zero-order valence-electron chi connectivity index (χ0n) is 69.6. The topological polar surface area (TPSA) is 195 Å². The van der Waals surface area contributed by atoms with Crippen molar-refractivity contribution in [2.45, 2.75) is 14.9 Å². The molecule has 5 N–H and O–H groups in total. The third-order valence-corrected chi connectivity index (χ3v) is 25.2. The number of carbonyl (C=O) groups excluding carboxylic acids is 1. The SMILES string of the molecule is Brc1ccc(-c2nc3c4ccccc4c4ccccc4c3c3ccccc23)cc1.C.C.Nc1c(-c2ccccc2)c2ccccc2c2ccccc12.O=C(Nc1c(-c2ccccc2)c2ccccc2c2ccccc12)c1ccc(Br)cc1.O=[N+]([O-])c1c(-c2ccccc2)c2ccccc2c2ccccc12.O=[N+]([O-])c1c(Br)c2ccccc2c2ccccc12.OB(O)c1ccccc1. The third kappa shape index (κ3) is 18.1. The summed E-state index contributed by atoms with van der Waals surface area (Å²) in [4.78, 5) is 40.9. The minimum atomic E-state index is -1.34. The number of anilines is 2. The Morgan fingerprint density at radius 2 is 0.583 bits per heavy atom. The van der Waals surface area contributed by atoms with E-state index in [1.807, 2.05) is 200 Å². The monoisotopic (exact) mass is 1910 g/mol. The van der Waals surface area contributed by atoms with Gasteiger partial charge in [-0.25, -0.2) is 4.98 Å². The molecule has 23 rings (SSSR count). The van der Waals surface area contributed by atoms with Gasteiger partial charge in [0.05, 0.1) is 43.1 Å². The van der Waals surface area contributed by atoms with Crippen LogP contribution in [0.4, 0.5) is 22.7 Å². The number of carbonyl (C=O) groups is 1. The Kier molecular flexibility index (Phi) is 27.6. The molecule has 12 nitrogen and oxygen atoms in total. The number of benzene rings is 22. The number of fused-ring (bicyclic) bond motifs is 20. The van der Waals surface area contributed by atoms with Gasteiger partial charge in [-0.2, -0.15) is 0 Å². The quantitative estimate of drug-likeness (QED) is 0.0357. The summed E-state index contributed by atoms with van der Waals surface area (Å²) in [5, 5.41) is 68.4. The number of nitrogens with two attached hydrogens (primary N) is 1. The van der Waals surface area contributed by atoms with Crippen LogP contribution in [0, 0.1) is 20.2 Å². The van der Waals surface area contributed by atoms with Crippen LogP contribution >= 0.6 is 47.8 Å². The molecule has 0 saturated heterocycles. The fourth-order valence-electron chi connectivity index (χ4n) is 17.6. The van der Waals surface area contributed by atoms with E-state index in [9.17, 15) is 25.0 Å². The molecule has 132 heavy (non-hydrogen) atoms. The molecule has 0 fully saturated rings. The molecule has 23 aromatic rings. The summed E-state index contributed by atoms with van der Waals surface area (Å²) in [5.41, 5.74) is 18.8. The lowest BCUT2D eigenvalue weighted by Crippen LogP contribution is -2.29. The molecule has 0 radical (unpaired) electrons. The maximum absolute atomic E-state index is 13.2. The fourth-order valence-corrected chi connectivity index (χ4v) is 18.8. The zero-order valence-corrected chi connectivity index (χ0v) is 74.4.